The van der Waals surface area contributed by atoms with Crippen LogP contribution in [0.5, 0.6) is 11.5 Å². The molecule has 2 N–H and O–H groups in total. The van der Waals surface area contributed by atoms with Gasteiger partial charge in [-0.25, -0.2) is 4.98 Å². The highest BCUT2D eigenvalue weighted by Gasteiger charge is 2.24. The lowest BCUT2D eigenvalue weighted by molar-refractivity contribution is 0.216. The van der Waals surface area contributed by atoms with Crippen LogP contribution in [-0.4, -0.2) is 11.6 Å². The average Bonchev–Trinajstić information content (AvgIpc) is 2.52. The Kier molecular flexibility index (Phi) is 4.65. The third kappa shape index (κ3) is 3.48. The van der Waals surface area contributed by atoms with Gasteiger partial charge in [0.1, 0.15) is 23.4 Å². The number of hydrogen-bond donors (Lipinski definition) is 1. The molecule has 1 aliphatic rings. The second-order valence-electron chi connectivity index (χ2n) is 7.16. The number of nitrogens with two attached hydrogens (primary N) is 1. The Morgan fingerprint density at radius 2 is 2.00 bits per heavy atom. The standard InChI is InChI=1S/C20H26N2O2/c1-12(2)7-13(3)11-23-15-5-6-16-17-9-20(21)22-10-18(17)14(4)24-19(16)8-15/h5-6,8-10,12-14H,7,11H2,1-4H3,(H2,21,22)/t13-,14?/m0/s1. The zero-order valence-electron chi connectivity index (χ0n) is 14.9. The molecule has 1 aromatic heterocycles. The predicted octanol–water partition coefficient (Wildman–Crippen LogP) is 4.85. The Hall–Kier alpha value is -2.23. The molecule has 0 fully saturated rings. The van der Waals surface area contributed by atoms with Crippen LogP contribution in [0.4, 0.5) is 5.82 Å². The molecular formula is C20H26N2O2. The van der Waals surface area contributed by atoms with Crippen LogP contribution in [0.3, 0.4) is 0 Å². The number of rotatable bonds is 5. The lowest BCUT2D eigenvalue weighted by Gasteiger charge is -2.26. The molecule has 0 radical (unpaired) electrons. The van der Waals surface area contributed by atoms with Gasteiger partial charge < -0.3 is 15.2 Å². The topological polar surface area (TPSA) is 57.4 Å². The summed E-state index contributed by atoms with van der Waals surface area (Å²) >= 11 is 0. The maximum atomic E-state index is 6.05. The Morgan fingerprint density at radius 3 is 2.75 bits per heavy atom. The Labute approximate surface area is 144 Å². The molecule has 1 aromatic carbocycles. The van der Waals surface area contributed by atoms with Crippen molar-refractivity contribution in [2.45, 2.75) is 40.2 Å². The molecule has 4 nitrogen and oxygen atoms in total. The number of hydrogen-bond acceptors (Lipinski definition) is 4. The zero-order chi connectivity index (χ0) is 17.3. The van der Waals surface area contributed by atoms with Crippen molar-refractivity contribution in [2.75, 3.05) is 12.3 Å². The Bertz CT molecular complexity index is 728. The third-order valence-electron chi connectivity index (χ3n) is 4.35. The molecule has 1 aliphatic heterocycles. The van der Waals surface area contributed by atoms with Crippen LogP contribution < -0.4 is 15.2 Å². The highest BCUT2D eigenvalue weighted by Crippen LogP contribution is 2.43. The third-order valence-corrected chi connectivity index (χ3v) is 4.35. The van der Waals surface area contributed by atoms with Gasteiger partial charge in [0.05, 0.1) is 6.61 Å². The van der Waals surface area contributed by atoms with Crippen LogP contribution in [-0.2, 0) is 0 Å². The zero-order valence-corrected chi connectivity index (χ0v) is 14.9. The number of nitrogen functional groups attached to an aromatic ring is 1. The fourth-order valence-electron chi connectivity index (χ4n) is 3.32. The average molecular weight is 326 g/mol. The molecule has 0 saturated heterocycles. The summed E-state index contributed by atoms with van der Waals surface area (Å²) in [7, 11) is 0. The number of aromatic nitrogens is 1. The van der Waals surface area contributed by atoms with Crippen molar-refractivity contribution in [1.29, 1.82) is 0 Å². The van der Waals surface area contributed by atoms with Crippen molar-refractivity contribution in [3.8, 4) is 22.6 Å². The number of pyridine rings is 1. The van der Waals surface area contributed by atoms with Crippen molar-refractivity contribution in [1.82, 2.24) is 4.98 Å². The van der Waals surface area contributed by atoms with Gasteiger partial charge in [0.2, 0.25) is 0 Å². The molecule has 24 heavy (non-hydrogen) atoms. The first-order chi connectivity index (χ1) is 11.4. The quantitative estimate of drug-likeness (QED) is 0.853. The smallest absolute Gasteiger partial charge is 0.131 e. The minimum absolute atomic E-state index is 0.0456. The summed E-state index contributed by atoms with van der Waals surface area (Å²) in [6.07, 6.45) is 2.92. The molecular weight excluding hydrogens is 300 g/mol. The van der Waals surface area contributed by atoms with Crippen molar-refractivity contribution in [2.24, 2.45) is 11.8 Å². The number of anilines is 1. The molecule has 0 aliphatic carbocycles. The highest BCUT2D eigenvalue weighted by molar-refractivity contribution is 5.77. The van der Waals surface area contributed by atoms with Crippen LogP contribution in [0, 0.1) is 11.8 Å². The monoisotopic (exact) mass is 326 g/mol. The van der Waals surface area contributed by atoms with E-state index < -0.39 is 0 Å². The van der Waals surface area contributed by atoms with Gasteiger partial charge in [0.25, 0.3) is 0 Å². The summed E-state index contributed by atoms with van der Waals surface area (Å²) in [5, 5.41) is 0. The van der Waals surface area contributed by atoms with Crippen LogP contribution in [0.25, 0.3) is 11.1 Å². The fourth-order valence-corrected chi connectivity index (χ4v) is 3.32. The molecule has 1 unspecified atom stereocenters. The number of benzene rings is 1. The number of fused-ring (bicyclic) bond motifs is 3. The first kappa shape index (κ1) is 16.6. The van der Waals surface area contributed by atoms with Gasteiger partial charge >= 0.3 is 0 Å². The molecule has 2 heterocycles. The van der Waals surface area contributed by atoms with Crippen molar-refractivity contribution in [3.05, 3.63) is 36.0 Å². The van der Waals surface area contributed by atoms with E-state index in [1.54, 1.807) is 6.20 Å². The van der Waals surface area contributed by atoms with Crippen molar-refractivity contribution >= 4 is 5.82 Å². The fraction of sp³-hybridized carbons (Fsp3) is 0.450. The van der Waals surface area contributed by atoms with Crippen LogP contribution in [0.1, 0.15) is 45.8 Å². The predicted molar refractivity (Wildman–Crippen MR) is 97.2 cm³/mol. The maximum Gasteiger partial charge on any atom is 0.131 e. The van der Waals surface area contributed by atoms with E-state index in [-0.39, 0.29) is 6.10 Å². The summed E-state index contributed by atoms with van der Waals surface area (Å²) in [4.78, 5) is 4.18. The molecule has 128 valence electrons. The molecule has 2 aromatic rings. The Morgan fingerprint density at radius 1 is 1.21 bits per heavy atom. The van der Waals surface area contributed by atoms with Gasteiger partial charge in [-0.15, -0.1) is 0 Å². The first-order valence-corrected chi connectivity index (χ1v) is 8.63. The van der Waals surface area contributed by atoms with E-state index in [0.717, 1.165) is 41.2 Å². The Balaban J connectivity index is 1.81. The van der Waals surface area contributed by atoms with E-state index >= 15 is 0 Å². The molecule has 0 saturated carbocycles. The second kappa shape index (κ2) is 6.71. The van der Waals surface area contributed by atoms with Gasteiger partial charge in [-0.2, -0.15) is 0 Å². The lowest BCUT2D eigenvalue weighted by atomic mass is 9.95. The van der Waals surface area contributed by atoms with Gasteiger partial charge in [-0.05, 0) is 48.9 Å². The second-order valence-corrected chi connectivity index (χ2v) is 7.16. The van der Waals surface area contributed by atoms with Crippen LogP contribution in [0.2, 0.25) is 0 Å². The molecule has 0 amide bonds. The summed E-state index contributed by atoms with van der Waals surface area (Å²) < 4.78 is 12.0. The number of nitrogens with zero attached hydrogens (tertiary/aromatic N) is 1. The SMILES string of the molecule is CC(C)C[C@H](C)COc1ccc2c(c1)OC(C)c1cnc(N)cc1-2. The normalized spacial score (nSPS) is 17.0. The van der Waals surface area contributed by atoms with Gasteiger partial charge in [-0.3, -0.25) is 0 Å². The van der Waals surface area contributed by atoms with E-state index in [2.05, 4.69) is 25.8 Å². The summed E-state index contributed by atoms with van der Waals surface area (Å²) in [5.74, 6) is 3.44. The van der Waals surface area contributed by atoms with E-state index in [1.165, 1.54) is 0 Å². The van der Waals surface area contributed by atoms with Gasteiger partial charge in [-0.1, -0.05) is 20.8 Å². The molecule has 3 rings (SSSR count). The summed E-state index contributed by atoms with van der Waals surface area (Å²) in [6.45, 7) is 9.45. The first-order valence-electron chi connectivity index (χ1n) is 8.63. The van der Waals surface area contributed by atoms with Gasteiger partial charge in [0, 0.05) is 23.4 Å². The maximum absolute atomic E-state index is 6.05. The van der Waals surface area contributed by atoms with E-state index in [4.69, 9.17) is 15.2 Å². The molecule has 4 heteroatoms. The number of ether oxygens (including phenoxy) is 2. The van der Waals surface area contributed by atoms with Crippen molar-refractivity contribution in [3.63, 3.8) is 0 Å². The minimum atomic E-state index is -0.0456. The minimum Gasteiger partial charge on any atom is -0.493 e. The van der Waals surface area contributed by atoms with Crippen LogP contribution in [0.15, 0.2) is 30.5 Å². The van der Waals surface area contributed by atoms with E-state index in [1.807, 2.05) is 31.2 Å². The summed E-state index contributed by atoms with van der Waals surface area (Å²) in [5.41, 5.74) is 9.06. The highest BCUT2D eigenvalue weighted by atomic mass is 16.5. The van der Waals surface area contributed by atoms with Gasteiger partial charge in [0.15, 0.2) is 0 Å². The van der Waals surface area contributed by atoms with Crippen LogP contribution >= 0.6 is 0 Å². The lowest BCUT2D eigenvalue weighted by Crippen LogP contribution is -2.13. The molecule has 2 atom stereocenters. The summed E-state index contributed by atoms with van der Waals surface area (Å²) in [6, 6.07) is 7.94. The van der Waals surface area contributed by atoms with E-state index in [0.29, 0.717) is 17.7 Å². The molecule has 0 bridgehead atoms. The largest absolute Gasteiger partial charge is 0.493 e. The van der Waals surface area contributed by atoms with Crippen molar-refractivity contribution < 1.29 is 9.47 Å². The molecule has 0 spiro atoms. The van der Waals surface area contributed by atoms with E-state index in [9.17, 15) is 0 Å².